The summed E-state index contributed by atoms with van der Waals surface area (Å²) < 4.78 is 16.7. The molecule has 2 aromatic carbocycles. The van der Waals surface area contributed by atoms with Crippen LogP contribution in [0.15, 0.2) is 79.4 Å². The van der Waals surface area contributed by atoms with Crippen LogP contribution in [0.5, 0.6) is 0 Å². The number of allylic oxidation sites excluding steroid dienone is 2. The fraction of sp³-hybridized carbons (Fsp3) is 0.459. The molecule has 10 nitrogen and oxygen atoms in total. The van der Waals surface area contributed by atoms with Crippen LogP contribution < -0.4 is 5.32 Å². The van der Waals surface area contributed by atoms with Crippen molar-refractivity contribution < 1.29 is 33.4 Å². The van der Waals surface area contributed by atoms with Crippen molar-refractivity contribution >= 4 is 29.8 Å². The van der Waals surface area contributed by atoms with E-state index in [1.165, 1.54) is 7.11 Å². The lowest BCUT2D eigenvalue weighted by atomic mass is 9.54. The number of carbonyl (C=O) groups is 4. The zero-order valence-corrected chi connectivity index (χ0v) is 28.0. The highest BCUT2D eigenvalue weighted by atomic mass is 16.6. The number of ether oxygens (including phenoxy) is 3. The number of methoxy groups -OCH3 is 1. The van der Waals surface area contributed by atoms with Crippen molar-refractivity contribution in [2.24, 2.45) is 28.6 Å². The number of nitrogens with one attached hydrogen (secondary N) is 1. The van der Waals surface area contributed by atoms with Crippen LogP contribution in [-0.4, -0.2) is 74.3 Å². The van der Waals surface area contributed by atoms with Gasteiger partial charge < -0.3 is 24.0 Å². The van der Waals surface area contributed by atoms with Crippen LogP contribution in [0.4, 0.5) is 15.3 Å². The van der Waals surface area contributed by atoms with Crippen LogP contribution >= 0.6 is 0 Å². The Balaban J connectivity index is 1.60. The van der Waals surface area contributed by atoms with E-state index in [1.54, 1.807) is 50.7 Å². The number of benzene rings is 2. The zero-order valence-electron chi connectivity index (χ0n) is 28.0. The molecule has 2 aliphatic carbocycles. The maximum atomic E-state index is 13.7. The normalized spacial score (nSPS) is 27.1. The molecule has 1 saturated heterocycles. The number of hydrogen-bond acceptors (Lipinski definition) is 7. The average molecular weight is 644 g/mol. The average Bonchev–Trinajstić information content (AvgIpc) is 3.49. The molecule has 1 saturated carbocycles. The molecule has 0 aromatic heterocycles. The van der Waals surface area contributed by atoms with Crippen LogP contribution in [0.25, 0.3) is 0 Å². The van der Waals surface area contributed by atoms with Gasteiger partial charge in [-0.15, -0.1) is 6.58 Å². The Labute approximate surface area is 276 Å². The van der Waals surface area contributed by atoms with Gasteiger partial charge in [0, 0.05) is 61.5 Å². The number of carbonyl (C=O) groups excluding carboxylic acids is 4. The van der Waals surface area contributed by atoms with Gasteiger partial charge in [-0.1, -0.05) is 66.8 Å². The Morgan fingerprint density at radius 1 is 1.04 bits per heavy atom. The molecule has 1 N–H and O–H groups in total. The number of nitrogens with zero attached hydrogens (tertiary/aromatic N) is 2. The number of amides is 3. The van der Waals surface area contributed by atoms with Gasteiger partial charge in [0.2, 0.25) is 5.91 Å². The van der Waals surface area contributed by atoms with Crippen LogP contribution in [-0.2, 0) is 35.8 Å². The van der Waals surface area contributed by atoms with Gasteiger partial charge in [-0.3, -0.25) is 14.9 Å². The minimum Gasteiger partial charge on any atom is -0.465 e. The summed E-state index contributed by atoms with van der Waals surface area (Å²) in [4.78, 5) is 56.5. The molecular formula is C37H45N3O7. The molecule has 2 fully saturated rings. The van der Waals surface area contributed by atoms with Crippen LogP contribution in [0.3, 0.4) is 0 Å². The highest BCUT2D eigenvalue weighted by Crippen LogP contribution is 2.69. The second kappa shape index (κ2) is 12.9. The van der Waals surface area contributed by atoms with Crippen LogP contribution in [0.1, 0.15) is 38.3 Å². The number of para-hydroxylation sites is 1. The number of rotatable bonds is 9. The molecule has 4 bridgehead atoms. The molecule has 1 unspecified atom stereocenters. The molecule has 5 rings (SSSR count). The fourth-order valence-corrected chi connectivity index (χ4v) is 7.90. The summed E-state index contributed by atoms with van der Waals surface area (Å²) >= 11 is 0. The summed E-state index contributed by atoms with van der Waals surface area (Å²) in [5, 5.41) is 2.94. The monoisotopic (exact) mass is 643 g/mol. The van der Waals surface area contributed by atoms with Gasteiger partial charge >= 0.3 is 18.2 Å². The lowest BCUT2D eigenvalue weighted by Gasteiger charge is -2.48. The van der Waals surface area contributed by atoms with E-state index in [4.69, 9.17) is 14.2 Å². The first-order valence-corrected chi connectivity index (χ1v) is 15.9. The smallest absolute Gasteiger partial charge is 0.411 e. The maximum absolute atomic E-state index is 13.7. The summed E-state index contributed by atoms with van der Waals surface area (Å²) in [5.41, 5.74) is -0.330. The second-order valence-electron chi connectivity index (χ2n) is 14.0. The van der Waals surface area contributed by atoms with Gasteiger partial charge in [-0.05, 0) is 43.9 Å². The lowest BCUT2D eigenvalue weighted by molar-refractivity contribution is -0.155. The third-order valence-corrected chi connectivity index (χ3v) is 10.0. The maximum Gasteiger partial charge on any atom is 0.411 e. The topological polar surface area (TPSA) is 114 Å². The van der Waals surface area contributed by atoms with Crippen molar-refractivity contribution in [1.82, 2.24) is 9.80 Å². The number of hydrogen-bond donors (Lipinski definition) is 1. The van der Waals surface area contributed by atoms with Crippen molar-refractivity contribution in [3.63, 3.8) is 0 Å². The fourth-order valence-electron chi connectivity index (χ4n) is 7.90. The predicted molar refractivity (Wildman–Crippen MR) is 177 cm³/mol. The summed E-state index contributed by atoms with van der Waals surface area (Å²) in [7, 11) is 4.76. The molecule has 10 heteroatoms. The molecule has 3 amide bonds. The molecule has 2 aromatic rings. The molecule has 0 radical (unpaired) electrons. The first kappa shape index (κ1) is 33.8. The molecule has 1 aliphatic heterocycles. The lowest BCUT2D eigenvalue weighted by Crippen LogP contribution is -2.49. The van der Waals surface area contributed by atoms with Gasteiger partial charge in [0.15, 0.2) is 0 Å². The standard InChI is InChI=1S/C37H45N3O7/c1-8-36-23-40(34(44)45-7)30-25(22-46-32(42)35(2,3)4)26(36)18-19-37(31(30)36,20-29(41)39(5)6)27-16-12-13-17-28(27)38-33(43)47-21-24-14-10-9-11-15-24/h8-19,25-26,30-31H,1,20-23H2,2-7H3,(H,38,43)/t25?,26-,30-,31+,36+,37-/m1/s1. The number of piperidine rings is 1. The first-order chi connectivity index (χ1) is 22.3. The van der Waals surface area contributed by atoms with E-state index >= 15 is 0 Å². The molecular weight excluding hydrogens is 598 g/mol. The molecule has 6 atom stereocenters. The van der Waals surface area contributed by atoms with E-state index < -0.39 is 34.5 Å². The molecule has 1 heterocycles. The minimum atomic E-state index is -0.994. The van der Waals surface area contributed by atoms with E-state index in [9.17, 15) is 19.2 Å². The molecule has 0 spiro atoms. The Kier molecular flexibility index (Phi) is 9.26. The second-order valence-corrected chi connectivity index (χ2v) is 14.0. The molecule has 250 valence electrons. The van der Waals surface area contributed by atoms with E-state index in [1.807, 2.05) is 54.6 Å². The SMILES string of the molecule is C=C[C@]12CN(C(=O)OC)[C@@H]3C(COC(=O)C(C)(C)C)[C@H]1C=C[C@@](CC(=O)N(C)C)(c1ccccc1NC(=O)OCc1ccccc1)[C@@H]32. The van der Waals surface area contributed by atoms with Gasteiger partial charge in [-0.2, -0.15) is 0 Å². The van der Waals surface area contributed by atoms with Crippen molar-refractivity contribution in [2.75, 3.05) is 39.7 Å². The Bertz CT molecular complexity index is 1570. The van der Waals surface area contributed by atoms with Gasteiger partial charge in [0.05, 0.1) is 19.1 Å². The summed E-state index contributed by atoms with van der Waals surface area (Å²) in [6.07, 6.45) is 4.97. The van der Waals surface area contributed by atoms with Gasteiger partial charge in [-0.25, -0.2) is 9.59 Å². The molecule has 47 heavy (non-hydrogen) atoms. The minimum absolute atomic E-state index is 0.0568. The van der Waals surface area contributed by atoms with Gasteiger partial charge in [0.25, 0.3) is 0 Å². The van der Waals surface area contributed by atoms with Crippen LogP contribution in [0.2, 0.25) is 0 Å². The summed E-state index contributed by atoms with van der Waals surface area (Å²) in [5.74, 6) is -1.25. The largest absolute Gasteiger partial charge is 0.465 e. The number of likely N-dealkylation sites (tertiary alicyclic amines) is 1. The predicted octanol–water partition coefficient (Wildman–Crippen LogP) is 5.80. The van der Waals surface area contributed by atoms with Crippen molar-refractivity contribution in [1.29, 1.82) is 0 Å². The first-order valence-electron chi connectivity index (χ1n) is 15.9. The summed E-state index contributed by atoms with van der Waals surface area (Å²) in [6.45, 7) is 10.2. The van der Waals surface area contributed by atoms with Gasteiger partial charge in [0.1, 0.15) is 6.61 Å². The van der Waals surface area contributed by atoms with Crippen molar-refractivity contribution in [3.8, 4) is 0 Å². The third-order valence-electron chi connectivity index (χ3n) is 10.0. The van der Waals surface area contributed by atoms with Crippen LogP contribution in [0, 0.1) is 28.6 Å². The molecule has 3 aliphatic rings. The van der Waals surface area contributed by atoms with E-state index in [2.05, 4.69) is 24.0 Å². The Morgan fingerprint density at radius 2 is 1.72 bits per heavy atom. The summed E-state index contributed by atoms with van der Waals surface area (Å²) in [6, 6.07) is 16.3. The zero-order chi connectivity index (χ0) is 34.1. The van der Waals surface area contributed by atoms with Crippen molar-refractivity contribution in [2.45, 2.75) is 45.3 Å². The van der Waals surface area contributed by atoms with E-state index in [-0.39, 0.29) is 49.3 Å². The quantitative estimate of drug-likeness (QED) is 0.209. The Morgan fingerprint density at radius 3 is 2.36 bits per heavy atom. The van der Waals surface area contributed by atoms with E-state index in [0.717, 1.165) is 5.56 Å². The van der Waals surface area contributed by atoms with Crippen molar-refractivity contribution in [3.05, 3.63) is 90.5 Å². The highest BCUT2D eigenvalue weighted by molar-refractivity contribution is 5.87. The number of anilines is 1. The highest BCUT2D eigenvalue weighted by Gasteiger charge is 2.73. The van der Waals surface area contributed by atoms with E-state index in [0.29, 0.717) is 17.8 Å². The Hall–Kier alpha value is -4.60. The number of esters is 1. The third kappa shape index (κ3) is 6.01.